The van der Waals surface area contributed by atoms with Gasteiger partial charge in [-0.2, -0.15) is 13.2 Å². The molecule has 1 N–H and O–H groups in total. The first kappa shape index (κ1) is 18.5. The Morgan fingerprint density at radius 2 is 1.68 bits per heavy atom. The SMILES string of the molecule is Cc1cc(C)cc(C(=O)OCC(=O)Nc2cccc(C(F)(F)F)c2)c1. The van der Waals surface area contributed by atoms with Gasteiger partial charge in [-0.05, 0) is 44.2 Å². The Morgan fingerprint density at radius 1 is 1.04 bits per heavy atom. The van der Waals surface area contributed by atoms with Gasteiger partial charge in [0.05, 0.1) is 11.1 Å². The fourth-order valence-electron chi connectivity index (χ4n) is 2.28. The first-order chi connectivity index (χ1) is 11.6. The van der Waals surface area contributed by atoms with E-state index in [1.165, 1.54) is 12.1 Å². The third kappa shape index (κ3) is 5.34. The molecule has 25 heavy (non-hydrogen) atoms. The van der Waals surface area contributed by atoms with E-state index >= 15 is 0 Å². The standard InChI is InChI=1S/C18H16F3NO3/c1-11-6-12(2)8-13(7-11)17(24)25-10-16(23)22-15-5-3-4-14(9-15)18(19,20)21/h3-9H,10H2,1-2H3,(H,22,23). The molecule has 0 bridgehead atoms. The predicted octanol–water partition coefficient (Wildman–Crippen LogP) is 4.12. The van der Waals surface area contributed by atoms with Crippen molar-refractivity contribution in [3.63, 3.8) is 0 Å². The highest BCUT2D eigenvalue weighted by Crippen LogP contribution is 2.30. The number of hydrogen-bond acceptors (Lipinski definition) is 3. The fraction of sp³-hybridized carbons (Fsp3) is 0.222. The molecule has 0 fully saturated rings. The number of anilines is 1. The van der Waals surface area contributed by atoms with Gasteiger partial charge in [-0.3, -0.25) is 4.79 Å². The van der Waals surface area contributed by atoms with Crippen molar-refractivity contribution in [3.05, 3.63) is 64.7 Å². The molecule has 0 aliphatic carbocycles. The van der Waals surface area contributed by atoms with E-state index in [2.05, 4.69) is 5.32 Å². The Bertz CT molecular complexity index is 780. The maximum Gasteiger partial charge on any atom is 0.416 e. The third-order valence-corrected chi connectivity index (χ3v) is 3.27. The summed E-state index contributed by atoms with van der Waals surface area (Å²) >= 11 is 0. The van der Waals surface area contributed by atoms with Gasteiger partial charge in [-0.1, -0.05) is 23.3 Å². The van der Waals surface area contributed by atoms with Crippen LogP contribution in [0.4, 0.5) is 18.9 Å². The molecule has 0 aliphatic rings. The van der Waals surface area contributed by atoms with E-state index in [1.807, 2.05) is 19.9 Å². The minimum Gasteiger partial charge on any atom is -0.452 e. The molecule has 0 unspecified atom stereocenters. The number of halogens is 3. The van der Waals surface area contributed by atoms with Gasteiger partial charge in [0.1, 0.15) is 0 Å². The Labute approximate surface area is 142 Å². The second-order valence-corrected chi connectivity index (χ2v) is 5.58. The van der Waals surface area contributed by atoms with Crippen LogP contribution < -0.4 is 5.32 Å². The summed E-state index contributed by atoms with van der Waals surface area (Å²) in [6, 6.07) is 9.34. The van der Waals surface area contributed by atoms with Crippen LogP contribution in [-0.2, 0) is 15.7 Å². The molecule has 0 saturated heterocycles. The second-order valence-electron chi connectivity index (χ2n) is 5.58. The van der Waals surface area contributed by atoms with Crippen molar-refractivity contribution in [2.45, 2.75) is 20.0 Å². The van der Waals surface area contributed by atoms with Gasteiger partial charge < -0.3 is 10.1 Å². The number of carbonyl (C=O) groups excluding carboxylic acids is 2. The van der Waals surface area contributed by atoms with Crippen molar-refractivity contribution in [3.8, 4) is 0 Å². The Balaban J connectivity index is 1.96. The van der Waals surface area contributed by atoms with Gasteiger partial charge in [0.25, 0.3) is 5.91 Å². The number of ether oxygens (including phenoxy) is 1. The van der Waals surface area contributed by atoms with Crippen LogP contribution in [0.2, 0.25) is 0 Å². The molecule has 1 amide bonds. The first-order valence-corrected chi connectivity index (χ1v) is 7.37. The van der Waals surface area contributed by atoms with Crippen molar-refractivity contribution < 1.29 is 27.5 Å². The molecule has 132 valence electrons. The number of benzene rings is 2. The zero-order chi connectivity index (χ0) is 18.6. The molecule has 0 aliphatic heterocycles. The summed E-state index contributed by atoms with van der Waals surface area (Å²) in [5.74, 6) is -1.40. The van der Waals surface area contributed by atoms with E-state index in [0.29, 0.717) is 5.56 Å². The maximum absolute atomic E-state index is 12.6. The average molecular weight is 351 g/mol. The van der Waals surface area contributed by atoms with Gasteiger partial charge >= 0.3 is 12.1 Å². The van der Waals surface area contributed by atoms with E-state index in [4.69, 9.17) is 4.74 Å². The summed E-state index contributed by atoms with van der Waals surface area (Å²) in [5, 5.41) is 2.27. The van der Waals surface area contributed by atoms with Crippen molar-refractivity contribution in [1.29, 1.82) is 0 Å². The van der Waals surface area contributed by atoms with E-state index < -0.39 is 30.2 Å². The summed E-state index contributed by atoms with van der Waals surface area (Å²) in [5.41, 5.74) is 1.16. The van der Waals surface area contributed by atoms with Gasteiger partial charge in [-0.25, -0.2) is 4.79 Å². The molecule has 2 aromatic rings. The molecule has 7 heteroatoms. The van der Waals surface area contributed by atoms with E-state index in [0.717, 1.165) is 23.3 Å². The van der Waals surface area contributed by atoms with Crippen LogP contribution in [0, 0.1) is 13.8 Å². The largest absolute Gasteiger partial charge is 0.452 e. The summed E-state index contributed by atoms with van der Waals surface area (Å²) in [6.07, 6.45) is -4.50. The lowest BCUT2D eigenvalue weighted by Gasteiger charge is -2.10. The van der Waals surface area contributed by atoms with Crippen LogP contribution in [-0.4, -0.2) is 18.5 Å². The number of nitrogens with one attached hydrogen (secondary N) is 1. The zero-order valence-corrected chi connectivity index (χ0v) is 13.6. The lowest BCUT2D eigenvalue weighted by molar-refractivity contribution is -0.137. The van der Waals surface area contributed by atoms with E-state index in [1.54, 1.807) is 12.1 Å². The molecular formula is C18H16F3NO3. The molecule has 0 atom stereocenters. The number of carbonyl (C=O) groups is 2. The zero-order valence-electron chi connectivity index (χ0n) is 13.6. The van der Waals surface area contributed by atoms with Crippen LogP contribution in [0.1, 0.15) is 27.0 Å². The average Bonchev–Trinajstić information content (AvgIpc) is 2.51. The highest BCUT2D eigenvalue weighted by atomic mass is 19.4. The number of alkyl halides is 3. The van der Waals surface area contributed by atoms with Crippen LogP contribution >= 0.6 is 0 Å². The van der Waals surface area contributed by atoms with E-state index in [-0.39, 0.29) is 5.69 Å². The Kier molecular flexibility index (Phi) is 5.46. The fourth-order valence-corrected chi connectivity index (χ4v) is 2.28. The second kappa shape index (κ2) is 7.38. The van der Waals surface area contributed by atoms with Crippen molar-refractivity contribution >= 4 is 17.6 Å². The lowest BCUT2D eigenvalue weighted by atomic mass is 10.1. The van der Waals surface area contributed by atoms with Gasteiger partial charge in [0.2, 0.25) is 0 Å². The smallest absolute Gasteiger partial charge is 0.416 e. The van der Waals surface area contributed by atoms with Crippen LogP contribution in [0.5, 0.6) is 0 Å². The van der Waals surface area contributed by atoms with Gasteiger partial charge in [0.15, 0.2) is 6.61 Å². The van der Waals surface area contributed by atoms with Crippen LogP contribution in [0.3, 0.4) is 0 Å². The Hall–Kier alpha value is -2.83. The number of esters is 1. The van der Waals surface area contributed by atoms with Gasteiger partial charge in [-0.15, -0.1) is 0 Å². The number of rotatable bonds is 4. The summed E-state index contributed by atoms with van der Waals surface area (Å²) in [7, 11) is 0. The number of amides is 1. The molecule has 2 aromatic carbocycles. The van der Waals surface area contributed by atoms with Crippen molar-refractivity contribution in [2.24, 2.45) is 0 Å². The van der Waals surface area contributed by atoms with Gasteiger partial charge in [0, 0.05) is 5.69 Å². The maximum atomic E-state index is 12.6. The predicted molar refractivity (Wildman–Crippen MR) is 86.3 cm³/mol. The highest BCUT2D eigenvalue weighted by Gasteiger charge is 2.30. The molecule has 0 spiro atoms. The normalized spacial score (nSPS) is 11.1. The van der Waals surface area contributed by atoms with Crippen molar-refractivity contribution in [1.82, 2.24) is 0 Å². The van der Waals surface area contributed by atoms with Crippen molar-refractivity contribution in [2.75, 3.05) is 11.9 Å². The molecule has 0 heterocycles. The molecule has 0 radical (unpaired) electrons. The number of aryl methyl sites for hydroxylation is 2. The Morgan fingerprint density at radius 3 is 2.28 bits per heavy atom. The number of hydrogen-bond donors (Lipinski definition) is 1. The third-order valence-electron chi connectivity index (χ3n) is 3.27. The summed E-state index contributed by atoms with van der Waals surface area (Å²) in [6.45, 7) is 3.05. The first-order valence-electron chi connectivity index (χ1n) is 7.37. The molecule has 2 rings (SSSR count). The highest BCUT2D eigenvalue weighted by molar-refractivity contribution is 5.95. The summed E-state index contributed by atoms with van der Waals surface area (Å²) in [4.78, 5) is 23.7. The van der Waals surface area contributed by atoms with Crippen LogP contribution in [0.15, 0.2) is 42.5 Å². The van der Waals surface area contributed by atoms with Crippen LogP contribution in [0.25, 0.3) is 0 Å². The molecule has 4 nitrogen and oxygen atoms in total. The lowest BCUT2D eigenvalue weighted by Crippen LogP contribution is -2.21. The van der Waals surface area contributed by atoms with E-state index in [9.17, 15) is 22.8 Å². The quantitative estimate of drug-likeness (QED) is 0.843. The monoisotopic (exact) mass is 351 g/mol. The molecular weight excluding hydrogens is 335 g/mol. The summed E-state index contributed by atoms with van der Waals surface area (Å²) < 4.78 is 42.8. The minimum atomic E-state index is -4.50. The molecule has 0 saturated carbocycles. The minimum absolute atomic E-state index is 0.0257. The topological polar surface area (TPSA) is 55.4 Å². The molecule has 0 aromatic heterocycles.